The van der Waals surface area contributed by atoms with Crippen LogP contribution in [0.4, 0.5) is 0 Å². The van der Waals surface area contributed by atoms with Gasteiger partial charge in [-0.2, -0.15) is 0 Å². The van der Waals surface area contributed by atoms with Crippen LogP contribution < -0.4 is 9.67 Å². The number of aryl methyl sites for hydroxylation is 2. The third kappa shape index (κ3) is 6.66. The normalized spacial score (nSPS) is 9.00. The molecule has 3 heteroatoms. The lowest BCUT2D eigenvalue weighted by Crippen LogP contribution is -2.36. The maximum atomic E-state index is 8.89. The average Bonchev–Trinajstić information content (AvgIpc) is 2.18. The van der Waals surface area contributed by atoms with E-state index in [1.165, 1.54) is 18.5 Å². The van der Waals surface area contributed by atoms with E-state index in [0.29, 0.717) is 0 Å². The van der Waals surface area contributed by atoms with Crippen LogP contribution in [0.3, 0.4) is 0 Å². The number of nitrogens with zero attached hydrogens (tertiary/aromatic N) is 1. The zero-order valence-corrected chi connectivity index (χ0v) is 9.69. The Kier molecular flexibility index (Phi) is 7.24. The quantitative estimate of drug-likeness (QED) is 0.688. The topological polar surface area (TPSA) is 44.0 Å². The molecule has 0 aliphatic carbocycles. The first-order valence-corrected chi connectivity index (χ1v) is 5.26. The molecule has 0 saturated heterocycles. The van der Waals surface area contributed by atoms with Gasteiger partial charge in [0, 0.05) is 24.5 Å². The third-order valence-corrected chi connectivity index (χ3v) is 1.88. The van der Waals surface area contributed by atoms with Crippen molar-refractivity contribution >= 4 is 5.97 Å². The Morgan fingerprint density at radius 2 is 2.00 bits per heavy atom. The predicted molar refractivity (Wildman–Crippen MR) is 57.0 cm³/mol. The van der Waals surface area contributed by atoms with Gasteiger partial charge in [-0.1, -0.05) is 13.0 Å². The molecule has 3 nitrogen and oxygen atoms in total. The molecule has 0 radical (unpaired) electrons. The molecule has 0 bridgehead atoms. The van der Waals surface area contributed by atoms with Crippen molar-refractivity contribution in [2.24, 2.45) is 0 Å². The predicted octanol–water partition coefficient (Wildman–Crippen LogP) is 0.703. The first-order chi connectivity index (χ1) is 7.11. The summed E-state index contributed by atoms with van der Waals surface area (Å²) in [7, 11) is 0. The van der Waals surface area contributed by atoms with E-state index in [9.17, 15) is 0 Å². The van der Waals surface area contributed by atoms with Crippen molar-refractivity contribution in [2.45, 2.75) is 40.2 Å². The summed E-state index contributed by atoms with van der Waals surface area (Å²) in [5.41, 5.74) is 1.44. The Morgan fingerprint density at radius 3 is 2.47 bits per heavy atom. The fraction of sp³-hybridized carbons (Fsp3) is 0.500. The summed E-state index contributed by atoms with van der Waals surface area (Å²) in [6.07, 6.45) is 4.56. The van der Waals surface area contributed by atoms with Crippen molar-refractivity contribution in [3.8, 4) is 0 Å². The second-order valence-corrected chi connectivity index (χ2v) is 3.22. The molecular weight excluding hydrogens is 190 g/mol. The zero-order chi connectivity index (χ0) is 11.7. The van der Waals surface area contributed by atoms with Gasteiger partial charge in [0.25, 0.3) is 0 Å². The third-order valence-electron chi connectivity index (χ3n) is 1.88. The van der Waals surface area contributed by atoms with Gasteiger partial charge in [0.15, 0.2) is 11.9 Å². The summed E-state index contributed by atoms with van der Waals surface area (Å²) in [6.45, 7) is 6.45. The number of aliphatic carboxylic acids is 1. The Labute approximate surface area is 91.4 Å². The number of pyridine rings is 1. The number of rotatable bonds is 3. The van der Waals surface area contributed by atoms with E-state index in [2.05, 4.69) is 42.8 Å². The van der Waals surface area contributed by atoms with E-state index in [0.717, 1.165) is 13.5 Å². The van der Waals surface area contributed by atoms with E-state index in [1.807, 2.05) is 0 Å². The van der Waals surface area contributed by atoms with E-state index in [-0.39, 0.29) is 0 Å². The van der Waals surface area contributed by atoms with Gasteiger partial charge in [-0.3, -0.25) is 0 Å². The largest absolute Gasteiger partial charge is 0.550 e. The fourth-order valence-electron chi connectivity index (χ4n) is 1.30. The van der Waals surface area contributed by atoms with Gasteiger partial charge in [-0.25, -0.2) is 4.57 Å². The molecule has 0 fully saturated rings. The van der Waals surface area contributed by atoms with Crippen molar-refractivity contribution in [2.75, 3.05) is 0 Å². The Morgan fingerprint density at radius 1 is 1.40 bits per heavy atom. The highest BCUT2D eigenvalue weighted by Gasteiger charge is 2.03. The molecule has 1 rings (SSSR count). The zero-order valence-electron chi connectivity index (χ0n) is 9.69. The number of aromatic nitrogens is 1. The lowest BCUT2D eigenvalue weighted by molar-refractivity contribution is -0.700. The second kappa shape index (κ2) is 7.97. The molecule has 0 unspecified atom stereocenters. The summed E-state index contributed by atoms with van der Waals surface area (Å²) in [6, 6.07) is 6.40. The maximum absolute atomic E-state index is 8.89. The number of hydrogen-bond acceptors (Lipinski definition) is 2. The van der Waals surface area contributed by atoms with E-state index in [1.54, 1.807) is 0 Å². The van der Waals surface area contributed by atoms with Crippen LogP contribution in [-0.2, 0) is 17.8 Å². The molecule has 15 heavy (non-hydrogen) atoms. The molecule has 1 aromatic heterocycles. The molecule has 1 aromatic rings. The first kappa shape index (κ1) is 13.6. The standard InChI is InChI=1S/C10H16N.C2H4O2/c1-3-7-10-8-5-6-9-11(10)4-2;1-2(3)4/h5-6,8-9H,3-4,7H2,1-2H3;1H3,(H,3,4)/q+1;/p-1. The molecule has 84 valence electrons. The molecule has 0 spiro atoms. The molecule has 0 aliphatic heterocycles. The number of hydrogen-bond donors (Lipinski definition) is 0. The monoisotopic (exact) mass is 209 g/mol. The first-order valence-electron chi connectivity index (χ1n) is 5.26. The van der Waals surface area contributed by atoms with E-state index in [4.69, 9.17) is 9.90 Å². The Balaban J connectivity index is 0.000000423. The Hall–Kier alpha value is -1.38. The lowest BCUT2D eigenvalue weighted by atomic mass is 10.2. The number of carboxylic acid groups (broad SMARTS) is 1. The van der Waals surface area contributed by atoms with Crippen LogP contribution in [0, 0.1) is 0 Å². The number of carbonyl (C=O) groups is 1. The molecule has 0 atom stereocenters. The van der Waals surface area contributed by atoms with Crippen molar-refractivity contribution in [3.63, 3.8) is 0 Å². The van der Waals surface area contributed by atoms with Gasteiger partial charge in [0.05, 0.1) is 0 Å². The Bertz CT molecular complexity index is 293. The van der Waals surface area contributed by atoms with E-state index < -0.39 is 5.97 Å². The van der Waals surface area contributed by atoms with Crippen LogP contribution in [0.2, 0.25) is 0 Å². The summed E-state index contributed by atoms with van der Waals surface area (Å²) >= 11 is 0. The number of carbonyl (C=O) groups excluding carboxylic acids is 1. The van der Waals surface area contributed by atoms with Gasteiger partial charge < -0.3 is 9.90 Å². The van der Waals surface area contributed by atoms with Gasteiger partial charge >= 0.3 is 0 Å². The highest BCUT2D eigenvalue weighted by atomic mass is 16.4. The summed E-state index contributed by atoms with van der Waals surface area (Å²) in [5.74, 6) is -1.08. The van der Waals surface area contributed by atoms with Gasteiger partial charge in [0.2, 0.25) is 0 Å². The summed E-state index contributed by atoms with van der Waals surface area (Å²) in [4.78, 5) is 8.89. The van der Waals surface area contributed by atoms with Crippen molar-refractivity contribution < 1.29 is 14.5 Å². The van der Waals surface area contributed by atoms with Gasteiger partial charge in [-0.05, 0) is 20.3 Å². The highest BCUT2D eigenvalue weighted by Crippen LogP contribution is 1.95. The van der Waals surface area contributed by atoms with Crippen LogP contribution in [0.25, 0.3) is 0 Å². The fourth-order valence-corrected chi connectivity index (χ4v) is 1.30. The molecule has 0 aliphatic rings. The van der Waals surface area contributed by atoms with Crippen molar-refractivity contribution in [3.05, 3.63) is 30.1 Å². The maximum Gasteiger partial charge on any atom is 0.181 e. The molecule has 1 heterocycles. The van der Waals surface area contributed by atoms with Crippen LogP contribution in [0.5, 0.6) is 0 Å². The minimum Gasteiger partial charge on any atom is -0.550 e. The molecular formula is C12H19NO2. The van der Waals surface area contributed by atoms with Crippen LogP contribution in [-0.4, -0.2) is 5.97 Å². The highest BCUT2D eigenvalue weighted by molar-refractivity contribution is 5.60. The molecule has 0 N–H and O–H groups in total. The van der Waals surface area contributed by atoms with Crippen molar-refractivity contribution in [1.29, 1.82) is 0 Å². The smallest absolute Gasteiger partial charge is 0.181 e. The van der Waals surface area contributed by atoms with Crippen LogP contribution >= 0.6 is 0 Å². The van der Waals surface area contributed by atoms with Crippen molar-refractivity contribution in [1.82, 2.24) is 0 Å². The van der Waals surface area contributed by atoms with E-state index >= 15 is 0 Å². The summed E-state index contributed by atoms with van der Waals surface area (Å²) < 4.78 is 2.30. The molecule has 0 aromatic carbocycles. The van der Waals surface area contributed by atoms with Gasteiger partial charge in [-0.15, -0.1) is 0 Å². The number of carboxylic acids is 1. The average molecular weight is 209 g/mol. The minimum atomic E-state index is -1.08. The lowest BCUT2D eigenvalue weighted by Gasteiger charge is -1.98. The van der Waals surface area contributed by atoms with Crippen LogP contribution in [0.1, 0.15) is 32.9 Å². The second-order valence-electron chi connectivity index (χ2n) is 3.22. The summed E-state index contributed by atoms with van der Waals surface area (Å²) in [5, 5.41) is 8.89. The molecule has 0 amide bonds. The van der Waals surface area contributed by atoms with Gasteiger partial charge in [0.1, 0.15) is 6.54 Å². The van der Waals surface area contributed by atoms with Crippen LogP contribution in [0.15, 0.2) is 24.4 Å². The SMILES string of the molecule is CC(=O)[O-].CCCc1cccc[n+]1CC. The minimum absolute atomic E-state index is 0.972. The molecule has 0 saturated carbocycles.